The molecular formula is C15H24N6. The number of hydrogen-bond donors (Lipinski definition) is 1. The number of rotatable bonds is 5. The Hall–Kier alpha value is -1.82. The SMILES string of the molecule is CCc1nc(CC)n(-c2ccc(CNC(C)(C)C)nn2)n1. The minimum Gasteiger partial charge on any atom is -0.306 e. The van der Waals surface area contributed by atoms with E-state index in [0.717, 1.165) is 36.0 Å². The molecular weight excluding hydrogens is 264 g/mol. The van der Waals surface area contributed by atoms with E-state index >= 15 is 0 Å². The molecule has 21 heavy (non-hydrogen) atoms. The molecule has 114 valence electrons. The normalized spacial score (nSPS) is 11.9. The molecule has 0 bridgehead atoms. The lowest BCUT2D eigenvalue weighted by molar-refractivity contribution is 0.420. The smallest absolute Gasteiger partial charge is 0.177 e. The largest absolute Gasteiger partial charge is 0.306 e. The lowest BCUT2D eigenvalue weighted by atomic mass is 10.1. The van der Waals surface area contributed by atoms with Gasteiger partial charge in [0, 0.05) is 24.9 Å². The van der Waals surface area contributed by atoms with Crippen molar-refractivity contribution in [2.75, 3.05) is 0 Å². The van der Waals surface area contributed by atoms with Crippen LogP contribution in [0.15, 0.2) is 12.1 Å². The molecule has 0 aliphatic rings. The van der Waals surface area contributed by atoms with Crippen molar-refractivity contribution in [2.24, 2.45) is 0 Å². The van der Waals surface area contributed by atoms with Gasteiger partial charge in [-0.05, 0) is 32.9 Å². The van der Waals surface area contributed by atoms with Crippen LogP contribution < -0.4 is 5.32 Å². The summed E-state index contributed by atoms with van der Waals surface area (Å²) in [7, 11) is 0. The first kappa shape index (κ1) is 15.6. The molecule has 6 nitrogen and oxygen atoms in total. The van der Waals surface area contributed by atoms with Crippen molar-refractivity contribution in [1.29, 1.82) is 0 Å². The molecule has 2 aromatic heterocycles. The van der Waals surface area contributed by atoms with Gasteiger partial charge in [0.1, 0.15) is 5.82 Å². The Labute approximate surface area is 126 Å². The van der Waals surface area contributed by atoms with Gasteiger partial charge in [-0.3, -0.25) is 0 Å². The van der Waals surface area contributed by atoms with Crippen LogP contribution in [0.5, 0.6) is 0 Å². The average molecular weight is 288 g/mol. The topological polar surface area (TPSA) is 68.5 Å². The van der Waals surface area contributed by atoms with E-state index in [1.807, 2.05) is 19.1 Å². The number of nitrogens with zero attached hydrogens (tertiary/aromatic N) is 5. The molecule has 0 saturated carbocycles. The minimum atomic E-state index is 0.0671. The van der Waals surface area contributed by atoms with E-state index in [1.165, 1.54) is 0 Å². The maximum Gasteiger partial charge on any atom is 0.177 e. The number of hydrogen-bond acceptors (Lipinski definition) is 5. The third-order valence-corrected chi connectivity index (χ3v) is 3.07. The second-order valence-corrected chi connectivity index (χ2v) is 6.05. The Morgan fingerprint density at radius 2 is 1.86 bits per heavy atom. The van der Waals surface area contributed by atoms with Gasteiger partial charge in [-0.1, -0.05) is 13.8 Å². The number of aryl methyl sites for hydroxylation is 2. The molecule has 0 aliphatic heterocycles. The summed E-state index contributed by atoms with van der Waals surface area (Å²) >= 11 is 0. The first-order valence-corrected chi connectivity index (χ1v) is 7.45. The van der Waals surface area contributed by atoms with Crippen LogP contribution in [0.2, 0.25) is 0 Å². The Morgan fingerprint density at radius 3 is 2.38 bits per heavy atom. The molecule has 0 saturated heterocycles. The molecule has 1 N–H and O–H groups in total. The van der Waals surface area contributed by atoms with E-state index in [-0.39, 0.29) is 5.54 Å². The Bertz CT molecular complexity index is 579. The predicted octanol–water partition coefficient (Wildman–Crippen LogP) is 2.07. The zero-order chi connectivity index (χ0) is 15.5. The summed E-state index contributed by atoms with van der Waals surface area (Å²) in [6.07, 6.45) is 1.64. The summed E-state index contributed by atoms with van der Waals surface area (Å²) in [6, 6.07) is 3.92. The van der Waals surface area contributed by atoms with Crippen LogP contribution in [-0.2, 0) is 19.4 Å². The van der Waals surface area contributed by atoms with Crippen molar-refractivity contribution in [1.82, 2.24) is 30.3 Å². The predicted molar refractivity (Wildman–Crippen MR) is 82.3 cm³/mol. The lowest BCUT2D eigenvalue weighted by Crippen LogP contribution is -2.35. The molecule has 0 aliphatic carbocycles. The first-order chi connectivity index (χ1) is 9.93. The maximum atomic E-state index is 4.49. The second-order valence-electron chi connectivity index (χ2n) is 6.05. The summed E-state index contributed by atoms with van der Waals surface area (Å²) in [5.41, 5.74) is 0.986. The summed E-state index contributed by atoms with van der Waals surface area (Å²) in [4.78, 5) is 4.49. The van der Waals surface area contributed by atoms with Gasteiger partial charge in [-0.2, -0.15) is 9.78 Å². The Morgan fingerprint density at radius 1 is 1.10 bits per heavy atom. The van der Waals surface area contributed by atoms with Crippen LogP contribution >= 0.6 is 0 Å². The van der Waals surface area contributed by atoms with Gasteiger partial charge in [0.15, 0.2) is 11.6 Å². The van der Waals surface area contributed by atoms with E-state index in [4.69, 9.17) is 0 Å². The fourth-order valence-corrected chi connectivity index (χ4v) is 1.87. The van der Waals surface area contributed by atoms with Crippen molar-refractivity contribution >= 4 is 0 Å². The molecule has 2 heterocycles. The van der Waals surface area contributed by atoms with E-state index < -0.39 is 0 Å². The molecule has 0 spiro atoms. The first-order valence-electron chi connectivity index (χ1n) is 7.45. The van der Waals surface area contributed by atoms with Crippen LogP contribution in [0, 0.1) is 0 Å². The zero-order valence-electron chi connectivity index (χ0n) is 13.5. The fourth-order valence-electron chi connectivity index (χ4n) is 1.87. The standard InChI is InChI=1S/C15H24N6/c1-6-12-17-13(7-2)21(20-12)14-9-8-11(18-19-14)10-16-15(3,4)5/h8-9,16H,6-7,10H2,1-5H3. The molecule has 0 radical (unpaired) electrons. The van der Waals surface area contributed by atoms with Crippen LogP contribution in [0.1, 0.15) is 52.0 Å². The zero-order valence-corrected chi connectivity index (χ0v) is 13.5. The van der Waals surface area contributed by atoms with Crippen LogP contribution in [-0.4, -0.2) is 30.5 Å². The van der Waals surface area contributed by atoms with Crippen LogP contribution in [0.4, 0.5) is 0 Å². The molecule has 0 amide bonds. The van der Waals surface area contributed by atoms with Crippen LogP contribution in [0.25, 0.3) is 5.82 Å². The van der Waals surface area contributed by atoms with Crippen molar-refractivity contribution in [3.05, 3.63) is 29.5 Å². The fraction of sp³-hybridized carbons (Fsp3) is 0.600. The van der Waals surface area contributed by atoms with Gasteiger partial charge >= 0.3 is 0 Å². The third kappa shape index (κ3) is 4.07. The quantitative estimate of drug-likeness (QED) is 0.912. The molecule has 6 heteroatoms. The molecule has 2 rings (SSSR count). The highest BCUT2D eigenvalue weighted by molar-refractivity contribution is 5.22. The van der Waals surface area contributed by atoms with Crippen molar-refractivity contribution in [2.45, 2.75) is 59.5 Å². The highest BCUT2D eigenvalue weighted by Crippen LogP contribution is 2.09. The van der Waals surface area contributed by atoms with Gasteiger partial charge in [0.2, 0.25) is 0 Å². The molecule has 0 aromatic carbocycles. The Balaban J connectivity index is 2.17. The van der Waals surface area contributed by atoms with E-state index in [2.05, 4.69) is 53.3 Å². The summed E-state index contributed by atoms with van der Waals surface area (Å²) in [5.74, 6) is 2.48. The highest BCUT2D eigenvalue weighted by Gasteiger charge is 2.12. The number of aromatic nitrogens is 5. The summed E-state index contributed by atoms with van der Waals surface area (Å²) in [5, 5.41) is 16.4. The second kappa shape index (κ2) is 6.30. The number of nitrogens with one attached hydrogen (secondary N) is 1. The lowest BCUT2D eigenvalue weighted by Gasteiger charge is -2.19. The van der Waals surface area contributed by atoms with Gasteiger partial charge in [0.25, 0.3) is 0 Å². The van der Waals surface area contributed by atoms with Gasteiger partial charge in [-0.15, -0.1) is 10.2 Å². The average Bonchev–Trinajstić information content (AvgIpc) is 2.88. The van der Waals surface area contributed by atoms with E-state index in [0.29, 0.717) is 6.54 Å². The van der Waals surface area contributed by atoms with Crippen molar-refractivity contribution < 1.29 is 0 Å². The molecule has 0 atom stereocenters. The highest BCUT2D eigenvalue weighted by atomic mass is 15.4. The molecule has 0 fully saturated rings. The molecule has 0 unspecified atom stereocenters. The maximum absolute atomic E-state index is 4.49. The minimum absolute atomic E-state index is 0.0671. The summed E-state index contributed by atoms with van der Waals surface area (Å²) < 4.78 is 1.78. The van der Waals surface area contributed by atoms with E-state index in [1.54, 1.807) is 4.68 Å². The monoisotopic (exact) mass is 288 g/mol. The van der Waals surface area contributed by atoms with Crippen molar-refractivity contribution in [3.63, 3.8) is 0 Å². The summed E-state index contributed by atoms with van der Waals surface area (Å²) in [6.45, 7) is 11.2. The van der Waals surface area contributed by atoms with E-state index in [9.17, 15) is 0 Å². The molecule has 2 aromatic rings. The third-order valence-electron chi connectivity index (χ3n) is 3.07. The van der Waals surface area contributed by atoms with Crippen LogP contribution in [0.3, 0.4) is 0 Å². The van der Waals surface area contributed by atoms with Crippen molar-refractivity contribution in [3.8, 4) is 5.82 Å². The Kier molecular flexibility index (Phi) is 4.67. The van der Waals surface area contributed by atoms with Gasteiger partial charge in [-0.25, -0.2) is 4.98 Å². The van der Waals surface area contributed by atoms with Gasteiger partial charge < -0.3 is 5.32 Å². The van der Waals surface area contributed by atoms with Gasteiger partial charge in [0.05, 0.1) is 5.69 Å².